The Morgan fingerprint density at radius 1 is 1.40 bits per heavy atom. The van der Waals surface area contributed by atoms with Gasteiger partial charge in [-0.3, -0.25) is 4.90 Å². The number of aliphatic hydroxyl groups excluding tert-OH is 1. The molecule has 0 aliphatic carbocycles. The van der Waals surface area contributed by atoms with Crippen LogP contribution in [0.5, 0.6) is 0 Å². The van der Waals surface area contributed by atoms with Gasteiger partial charge in [0, 0.05) is 23.5 Å². The summed E-state index contributed by atoms with van der Waals surface area (Å²) in [5.41, 5.74) is 3.18. The minimum absolute atomic E-state index is 0.220. The molecule has 0 unspecified atom stereocenters. The second kappa shape index (κ2) is 5.68. The highest BCUT2D eigenvalue weighted by atomic mass is 35.5. The van der Waals surface area contributed by atoms with Gasteiger partial charge in [0.1, 0.15) is 5.15 Å². The number of likely N-dealkylation sites (tertiary alicyclic amines) is 1. The van der Waals surface area contributed by atoms with Crippen molar-refractivity contribution in [3.05, 3.63) is 40.5 Å². The molecule has 0 bridgehead atoms. The maximum Gasteiger partial charge on any atom is 0.134 e. The molecule has 2 heterocycles. The number of pyridine rings is 1. The fourth-order valence-electron chi connectivity index (χ4n) is 2.94. The lowest BCUT2D eigenvalue weighted by Crippen LogP contribution is -2.31. The number of hydrogen-bond donors (Lipinski definition) is 1. The molecule has 2 aromatic rings. The summed E-state index contributed by atoms with van der Waals surface area (Å²) in [6, 6.07) is 8.62. The van der Waals surface area contributed by atoms with E-state index in [1.165, 1.54) is 5.56 Å². The molecular weight excluding hydrogens is 272 g/mol. The Balaban J connectivity index is 1.91. The molecule has 0 radical (unpaired) electrons. The quantitative estimate of drug-likeness (QED) is 0.882. The first-order valence-electron chi connectivity index (χ1n) is 7.08. The molecule has 4 heteroatoms. The van der Waals surface area contributed by atoms with Gasteiger partial charge in [-0.1, -0.05) is 23.7 Å². The van der Waals surface area contributed by atoms with E-state index in [0.29, 0.717) is 5.15 Å². The third-order valence-electron chi connectivity index (χ3n) is 4.08. The van der Waals surface area contributed by atoms with Crippen LogP contribution in [0, 0.1) is 6.92 Å². The van der Waals surface area contributed by atoms with E-state index in [9.17, 15) is 5.11 Å². The van der Waals surface area contributed by atoms with Gasteiger partial charge in [0.05, 0.1) is 12.1 Å². The standard InChI is InChI=1S/C16H19ClN2O/c1-11-4-5-12-8-13(16(17)18-15(12)7-11)9-19-6-2-3-14(19)10-20/h4-5,7-8,14,20H,2-3,6,9-10H2,1H3/t14-/m0/s1. The van der Waals surface area contributed by atoms with Gasteiger partial charge in [0.2, 0.25) is 0 Å². The predicted molar refractivity (Wildman–Crippen MR) is 82.0 cm³/mol. The SMILES string of the molecule is Cc1ccc2cc(CN3CCC[C@H]3CO)c(Cl)nc2c1. The van der Waals surface area contributed by atoms with Crippen LogP contribution in [0.15, 0.2) is 24.3 Å². The predicted octanol–water partition coefficient (Wildman–Crippen LogP) is 3.15. The Morgan fingerprint density at radius 2 is 2.25 bits per heavy atom. The number of hydrogen-bond acceptors (Lipinski definition) is 3. The molecule has 106 valence electrons. The van der Waals surface area contributed by atoms with E-state index in [4.69, 9.17) is 11.6 Å². The zero-order valence-electron chi connectivity index (χ0n) is 11.6. The molecule has 0 spiro atoms. The van der Waals surface area contributed by atoms with E-state index in [1.807, 2.05) is 0 Å². The van der Waals surface area contributed by atoms with Crippen LogP contribution in [-0.2, 0) is 6.54 Å². The molecule has 1 aromatic carbocycles. The fourth-order valence-corrected chi connectivity index (χ4v) is 3.14. The zero-order chi connectivity index (χ0) is 14.1. The minimum atomic E-state index is 0.220. The van der Waals surface area contributed by atoms with E-state index < -0.39 is 0 Å². The van der Waals surface area contributed by atoms with Crippen LogP contribution in [0.4, 0.5) is 0 Å². The topological polar surface area (TPSA) is 36.4 Å². The molecule has 20 heavy (non-hydrogen) atoms. The van der Waals surface area contributed by atoms with E-state index in [1.54, 1.807) is 0 Å². The molecule has 3 rings (SSSR count). The number of aromatic nitrogens is 1. The van der Waals surface area contributed by atoms with E-state index in [-0.39, 0.29) is 12.6 Å². The average Bonchev–Trinajstić information content (AvgIpc) is 2.87. The van der Waals surface area contributed by atoms with E-state index in [2.05, 4.69) is 41.1 Å². The summed E-state index contributed by atoms with van der Waals surface area (Å²) >= 11 is 6.32. The highest BCUT2D eigenvalue weighted by molar-refractivity contribution is 6.30. The fraction of sp³-hybridized carbons (Fsp3) is 0.438. The van der Waals surface area contributed by atoms with Crippen molar-refractivity contribution in [2.75, 3.05) is 13.2 Å². The Morgan fingerprint density at radius 3 is 3.05 bits per heavy atom. The van der Waals surface area contributed by atoms with Gasteiger partial charge in [-0.15, -0.1) is 0 Å². The van der Waals surface area contributed by atoms with Crippen LogP contribution in [-0.4, -0.2) is 34.2 Å². The van der Waals surface area contributed by atoms with Crippen LogP contribution in [0.2, 0.25) is 5.15 Å². The maximum atomic E-state index is 9.40. The molecule has 1 atom stereocenters. The molecule has 1 N–H and O–H groups in total. The van der Waals surface area contributed by atoms with Crippen LogP contribution in [0.25, 0.3) is 10.9 Å². The molecular formula is C16H19ClN2O. The van der Waals surface area contributed by atoms with Gasteiger partial charge in [0.25, 0.3) is 0 Å². The largest absolute Gasteiger partial charge is 0.395 e. The summed E-state index contributed by atoms with van der Waals surface area (Å²) in [7, 11) is 0. The summed E-state index contributed by atoms with van der Waals surface area (Å²) in [5.74, 6) is 0. The highest BCUT2D eigenvalue weighted by Gasteiger charge is 2.24. The summed E-state index contributed by atoms with van der Waals surface area (Å²) in [6.45, 7) is 4.06. The summed E-state index contributed by atoms with van der Waals surface area (Å²) in [6.07, 6.45) is 2.21. The van der Waals surface area contributed by atoms with Gasteiger partial charge >= 0.3 is 0 Å². The zero-order valence-corrected chi connectivity index (χ0v) is 12.4. The van der Waals surface area contributed by atoms with Gasteiger partial charge in [-0.05, 0) is 44.0 Å². The van der Waals surface area contributed by atoms with E-state index >= 15 is 0 Å². The summed E-state index contributed by atoms with van der Waals surface area (Å²) in [5, 5.41) is 11.1. The second-order valence-electron chi connectivity index (χ2n) is 5.58. The lowest BCUT2D eigenvalue weighted by Gasteiger charge is -2.23. The molecule has 3 nitrogen and oxygen atoms in total. The lowest BCUT2D eigenvalue weighted by molar-refractivity contribution is 0.153. The number of fused-ring (bicyclic) bond motifs is 1. The Labute approximate surface area is 124 Å². The first-order chi connectivity index (χ1) is 9.67. The number of aryl methyl sites for hydroxylation is 1. The van der Waals surface area contributed by atoms with Crippen LogP contribution >= 0.6 is 11.6 Å². The van der Waals surface area contributed by atoms with Crippen molar-refractivity contribution < 1.29 is 5.11 Å². The van der Waals surface area contributed by atoms with E-state index in [0.717, 1.165) is 42.4 Å². The first kappa shape index (κ1) is 13.8. The summed E-state index contributed by atoms with van der Waals surface area (Å²) in [4.78, 5) is 6.80. The average molecular weight is 291 g/mol. The van der Waals surface area contributed by atoms with Crippen molar-refractivity contribution in [3.63, 3.8) is 0 Å². The molecule has 0 amide bonds. The molecule has 1 aliphatic rings. The third kappa shape index (κ3) is 2.66. The third-order valence-corrected chi connectivity index (χ3v) is 4.41. The summed E-state index contributed by atoms with van der Waals surface area (Å²) < 4.78 is 0. The molecule has 1 saturated heterocycles. The number of aliphatic hydroxyl groups is 1. The highest BCUT2D eigenvalue weighted by Crippen LogP contribution is 2.26. The van der Waals surface area contributed by atoms with Crippen molar-refractivity contribution in [3.8, 4) is 0 Å². The second-order valence-corrected chi connectivity index (χ2v) is 5.94. The molecule has 0 saturated carbocycles. The van der Waals surface area contributed by atoms with Gasteiger partial charge in [-0.25, -0.2) is 4.98 Å². The molecule has 1 fully saturated rings. The van der Waals surface area contributed by atoms with Crippen LogP contribution < -0.4 is 0 Å². The number of benzene rings is 1. The van der Waals surface area contributed by atoms with Crippen molar-refractivity contribution in [2.45, 2.75) is 32.4 Å². The number of halogens is 1. The van der Waals surface area contributed by atoms with Crippen molar-refractivity contribution in [1.82, 2.24) is 9.88 Å². The molecule has 1 aromatic heterocycles. The van der Waals surface area contributed by atoms with Crippen molar-refractivity contribution >= 4 is 22.5 Å². The van der Waals surface area contributed by atoms with Crippen molar-refractivity contribution in [1.29, 1.82) is 0 Å². The van der Waals surface area contributed by atoms with Gasteiger partial charge in [0.15, 0.2) is 0 Å². The van der Waals surface area contributed by atoms with Crippen LogP contribution in [0.3, 0.4) is 0 Å². The maximum absolute atomic E-state index is 9.40. The number of nitrogens with zero attached hydrogens (tertiary/aromatic N) is 2. The normalized spacial score (nSPS) is 19.9. The van der Waals surface area contributed by atoms with Crippen molar-refractivity contribution in [2.24, 2.45) is 0 Å². The Bertz CT molecular complexity index is 629. The lowest BCUT2D eigenvalue weighted by atomic mass is 10.1. The monoisotopic (exact) mass is 290 g/mol. The van der Waals surface area contributed by atoms with Crippen LogP contribution in [0.1, 0.15) is 24.0 Å². The Hall–Kier alpha value is -1.16. The number of rotatable bonds is 3. The smallest absolute Gasteiger partial charge is 0.134 e. The first-order valence-corrected chi connectivity index (χ1v) is 7.46. The molecule has 1 aliphatic heterocycles. The Kier molecular flexibility index (Phi) is 3.92. The van der Waals surface area contributed by atoms with Gasteiger partial charge < -0.3 is 5.11 Å². The van der Waals surface area contributed by atoms with Gasteiger partial charge in [-0.2, -0.15) is 0 Å². The minimum Gasteiger partial charge on any atom is -0.395 e.